The van der Waals surface area contributed by atoms with E-state index in [-0.39, 0.29) is 10.7 Å². The van der Waals surface area contributed by atoms with Crippen LogP contribution in [0.15, 0.2) is 53.2 Å². The van der Waals surface area contributed by atoms with Crippen molar-refractivity contribution >= 4 is 38.5 Å². The number of nitrogens with zero attached hydrogens (tertiary/aromatic N) is 3. The zero-order valence-electron chi connectivity index (χ0n) is 18.0. The number of aryl methyl sites for hydroxylation is 1. The number of hydrogen-bond acceptors (Lipinski definition) is 9. The Kier molecular flexibility index (Phi) is 7.42. The number of hydrogen-bond donors (Lipinski definition) is 1. The summed E-state index contributed by atoms with van der Waals surface area (Å²) in [5.41, 5.74) is 2.49. The highest BCUT2D eigenvalue weighted by Gasteiger charge is 2.17. The number of methoxy groups -OCH3 is 1. The van der Waals surface area contributed by atoms with E-state index >= 15 is 0 Å². The van der Waals surface area contributed by atoms with Crippen molar-refractivity contribution in [3.63, 3.8) is 0 Å². The maximum absolute atomic E-state index is 12.4. The van der Waals surface area contributed by atoms with Gasteiger partial charge in [-0.1, -0.05) is 35.9 Å². The van der Waals surface area contributed by atoms with Gasteiger partial charge in [0.25, 0.3) is 11.1 Å². The number of benzene rings is 2. The zero-order valence-corrected chi connectivity index (χ0v) is 19.7. The van der Waals surface area contributed by atoms with Crippen molar-refractivity contribution in [1.29, 1.82) is 5.26 Å². The van der Waals surface area contributed by atoms with Crippen molar-refractivity contribution in [2.45, 2.75) is 18.7 Å². The monoisotopic (exact) mass is 484 g/mol. The van der Waals surface area contributed by atoms with E-state index in [0.717, 1.165) is 17.4 Å². The second kappa shape index (κ2) is 10.2. The molecule has 0 aliphatic heterocycles. The summed E-state index contributed by atoms with van der Waals surface area (Å²) in [6, 6.07) is 14.8. The molecule has 0 aliphatic carbocycles. The Balaban J connectivity index is 1.74. The van der Waals surface area contributed by atoms with Gasteiger partial charge in [0.2, 0.25) is 15.0 Å². The normalized spacial score (nSPS) is 11.5. The number of anilines is 1. The molecule has 1 N–H and O–H groups in total. The maximum atomic E-state index is 12.4. The Morgan fingerprint density at radius 2 is 1.94 bits per heavy atom. The van der Waals surface area contributed by atoms with Crippen LogP contribution in [0.5, 0.6) is 11.5 Å². The van der Waals surface area contributed by atoms with Crippen molar-refractivity contribution in [1.82, 2.24) is 9.36 Å². The van der Waals surface area contributed by atoms with Gasteiger partial charge in [-0.05, 0) is 36.3 Å². The number of sulfone groups is 1. The van der Waals surface area contributed by atoms with Gasteiger partial charge in [-0.2, -0.15) is 14.6 Å². The summed E-state index contributed by atoms with van der Waals surface area (Å²) < 4.78 is 37.9. The third-order valence-corrected chi connectivity index (χ3v) is 5.93. The molecule has 0 unspecified atom stereocenters. The molecule has 11 heteroatoms. The smallest absolute Gasteiger partial charge is 0.268 e. The molecule has 0 fully saturated rings. The van der Waals surface area contributed by atoms with Crippen LogP contribution in [0.1, 0.15) is 16.7 Å². The van der Waals surface area contributed by atoms with E-state index in [9.17, 15) is 18.5 Å². The van der Waals surface area contributed by atoms with Gasteiger partial charge in [0.1, 0.15) is 18.2 Å². The molecule has 0 saturated carbocycles. The second-order valence-electron chi connectivity index (χ2n) is 6.96. The molecule has 2 aromatic carbocycles. The molecular weight excluding hydrogens is 464 g/mol. The molecular formula is C22H20N4O5S2. The first-order valence-corrected chi connectivity index (χ1v) is 12.2. The third kappa shape index (κ3) is 6.38. The SMILES string of the molecule is COc1cc(/C=C(/C#N)C(=O)Nc2nc(S(C)(=O)=O)ns2)ccc1OCc1ccc(C)cc1. The van der Waals surface area contributed by atoms with E-state index in [2.05, 4.69) is 14.7 Å². The van der Waals surface area contributed by atoms with Gasteiger partial charge in [0, 0.05) is 17.8 Å². The van der Waals surface area contributed by atoms with E-state index in [1.54, 1.807) is 18.2 Å². The summed E-state index contributed by atoms with van der Waals surface area (Å²) in [5.74, 6) is 0.211. The van der Waals surface area contributed by atoms with Gasteiger partial charge in [-0.15, -0.1) is 0 Å². The second-order valence-corrected chi connectivity index (χ2v) is 9.62. The molecule has 0 bridgehead atoms. The highest BCUT2D eigenvalue weighted by Crippen LogP contribution is 2.30. The Bertz CT molecular complexity index is 1340. The largest absolute Gasteiger partial charge is 0.493 e. The lowest BCUT2D eigenvalue weighted by Gasteiger charge is -2.12. The molecule has 3 aromatic rings. The number of carbonyl (C=O) groups excluding carboxylic acids is 1. The number of nitriles is 1. The lowest BCUT2D eigenvalue weighted by atomic mass is 10.1. The van der Waals surface area contributed by atoms with E-state index < -0.39 is 20.9 Å². The number of amides is 1. The maximum Gasteiger partial charge on any atom is 0.268 e. The van der Waals surface area contributed by atoms with Gasteiger partial charge in [0.15, 0.2) is 11.5 Å². The third-order valence-electron chi connectivity index (χ3n) is 4.34. The molecule has 1 aromatic heterocycles. The summed E-state index contributed by atoms with van der Waals surface area (Å²) >= 11 is 0.706. The molecule has 9 nitrogen and oxygen atoms in total. The minimum Gasteiger partial charge on any atom is -0.493 e. The summed E-state index contributed by atoms with van der Waals surface area (Å²) in [6.07, 6.45) is 2.34. The summed E-state index contributed by atoms with van der Waals surface area (Å²) in [6.45, 7) is 2.37. The first kappa shape index (κ1) is 23.9. The van der Waals surface area contributed by atoms with Crippen LogP contribution in [-0.2, 0) is 21.2 Å². The molecule has 1 amide bonds. The van der Waals surface area contributed by atoms with Crippen LogP contribution in [0.2, 0.25) is 0 Å². The lowest BCUT2D eigenvalue weighted by Crippen LogP contribution is -2.13. The molecule has 33 heavy (non-hydrogen) atoms. The molecule has 1 heterocycles. The Morgan fingerprint density at radius 1 is 1.21 bits per heavy atom. The van der Waals surface area contributed by atoms with Gasteiger partial charge < -0.3 is 9.47 Å². The van der Waals surface area contributed by atoms with Gasteiger partial charge in [-0.25, -0.2) is 8.42 Å². The van der Waals surface area contributed by atoms with E-state index in [4.69, 9.17) is 9.47 Å². The van der Waals surface area contributed by atoms with Crippen LogP contribution in [0.25, 0.3) is 6.08 Å². The fraction of sp³-hybridized carbons (Fsp3) is 0.182. The van der Waals surface area contributed by atoms with Crippen LogP contribution in [0, 0.1) is 18.3 Å². The molecule has 3 rings (SSSR count). The van der Waals surface area contributed by atoms with Gasteiger partial charge >= 0.3 is 0 Å². The number of ether oxygens (including phenoxy) is 2. The van der Waals surface area contributed by atoms with Crippen LogP contribution in [0.4, 0.5) is 5.13 Å². The summed E-state index contributed by atoms with van der Waals surface area (Å²) in [5, 5.41) is 11.4. The Hall–Kier alpha value is -3.75. The van der Waals surface area contributed by atoms with Crippen molar-refractivity contribution in [2.75, 3.05) is 18.7 Å². The predicted octanol–water partition coefficient (Wildman–Crippen LogP) is 3.38. The predicted molar refractivity (Wildman–Crippen MR) is 124 cm³/mol. The summed E-state index contributed by atoms with van der Waals surface area (Å²) in [4.78, 5) is 16.2. The van der Waals surface area contributed by atoms with Crippen molar-refractivity contribution in [3.05, 3.63) is 64.7 Å². The van der Waals surface area contributed by atoms with Crippen molar-refractivity contribution < 1.29 is 22.7 Å². The number of nitrogens with one attached hydrogen (secondary N) is 1. The Morgan fingerprint density at radius 3 is 2.55 bits per heavy atom. The van der Waals surface area contributed by atoms with Crippen LogP contribution in [-0.4, -0.2) is 37.0 Å². The molecule has 0 spiro atoms. The van der Waals surface area contributed by atoms with Crippen LogP contribution < -0.4 is 14.8 Å². The molecule has 0 saturated heterocycles. The highest BCUT2D eigenvalue weighted by molar-refractivity contribution is 7.90. The number of carbonyl (C=O) groups is 1. The van der Waals surface area contributed by atoms with E-state index in [1.165, 1.54) is 13.2 Å². The van der Waals surface area contributed by atoms with Crippen LogP contribution >= 0.6 is 11.5 Å². The first-order valence-electron chi connectivity index (χ1n) is 9.53. The highest BCUT2D eigenvalue weighted by atomic mass is 32.2. The van der Waals surface area contributed by atoms with Crippen molar-refractivity contribution in [3.8, 4) is 17.6 Å². The first-order chi connectivity index (χ1) is 15.7. The van der Waals surface area contributed by atoms with E-state index in [1.807, 2.05) is 37.3 Å². The number of aromatic nitrogens is 2. The van der Waals surface area contributed by atoms with E-state index in [0.29, 0.717) is 35.2 Å². The quantitative estimate of drug-likeness (QED) is 0.380. The minimum absolute atomic E-state index is 0.0287. The van der Waals surface area contributed by atoms with Crippen LogP contribution in [0.3, 0.4) is 0 Å². The topological polar surface area (TPSA) is 131 Å². The number of rotatable bonds is 8. The molecule has 0 atom stereocenters. The Labute approximate surface area is 195 Å². The lowest BCUT2D eigenvalue weighted by molar-refractivity contribution is -0.112. The minimum atomic E-state index is -3.60. The summed E-state index contributed by atoms with van der Waals surface area (Å²) in [7, 11) is -2.10. The van der Waals surface area contributed by atoms with Crippen molar-refractivity contribution in [2.24, 2.45) is 0 Å². The van der Waals surface area contributed by atoms with Gasteiger partial charge in [0.05, 0.1) is 7.11 Å². The van der Waals surface area contributed by atoms with Gasteiger partial charge in [-0.3, -0.25) is 10.1 Å². The zero-order chi connectivity index (χ0) is 24.0. The standard InChI is InChI=1S/C22H20N4O5S2/c1-14-4-6-15(7-5-14)13-31-18-9-8-16(11-19(18)30-2)10-17(12-23)20(27)24-21-25-22(26-32-21)33(3,28)29/h4-11H,13H2,1-3H3,(H,24,25,26,27)/b17-10-. The average molecular weight is 485 g/mol. The fourth-order valence-corrected chi connectivity index (χ4v) is 4.07. The molecule has 0 aliphatic rings. The average Bonchev–Trinajstić information content (AvgIpc) is 3.26. The molecule has 0 radical (unpaired) electrons. The molecule has 170 valence electrons. The fourth-order valence-electron chi connectivity index (χ4n) is 2.63.